The van der Waals surface area contributed by atoms with Crippen molar-refractivity contribution in [2.45, 2.75) is 24.7 Å². The molecule has 0 amide bonds. The van der Waals surface area contributed by atoms with E-state index in [0.717, 1.165) is 18.4 Å². The minimum atomic E-state index is -0.498. The van der Waals surface area contributed by atoms with Gasteiger partial charge in [0.15, 0.2) is 0 Å². The topological polar surface area (TPSA) is 26.0 Å². The molecule has 0 fully saturated rings. The van der Waals surface area contributed by atoms with Crippen LogP contribution in [0.25, 0.3) is 0 Å². The van der Waals surface area contributed by atoms with E-state index in [1.807, 2.05) is 0 Å². The van der Waals surface area contributed by atoms with Gasteiger partial charge >= 0.3 is 0 Å². The molecule has 1 rings (SSSR count). The lowest BCUT2D eigenvalue weighted by atomic mass is 9.98. The van der Waals surface area contributed by atoms with Crippen molar-refractivity contribution in [3.8, 4) is 0 Å². The molecule has 1 unspecified atom stereocenters. The third-order valence-corrected chi connectivity index (χ3v) is 2.87. The van der Waals surface area contributed by atoms with Gasteiger partial charge in [0.2, 0.25) is 0 Å². The summed E-state index contributed by atoms with van der Waals surface area (Å²) in [6, 6.07) is 3.31. The Morgan fingerprint density at radius 1 is 1.53 bits per heavy atom. The smallest absolute Gasteiger partial charge is 0.122 e. The van der Waals surface area contributed by atoms with Crippen LogP contribution in [0.4, 0.5) is 4.39 Å². The second kappa shape index (κ2) is 5.64. The highest BCUT2D eigenvalue weighted by atomic mass is 35.5. The summed E-state index contributed by atoms with van der Waals surface area (Å²) >= 11 is 10.6. The van der Waals surface area contributed by atoms with Gasteiger partial charge in [-0.25, -0.2) is 4.39 Å². The quantitative estimate of drug-likeness (QED) is 0.827. The van der Waals surface area contributed by atoms with Crippen LogP contribution in [0.5, 0.6) is 0 Å². The van der Waals surface area contributed by atoms with Gasteiger partial charge in [-0.3, -0.25) is 0 Å². The molecule has 1 atom stereocenters. The summed E-state index contributed by atoms with van der Waals surface area (Å²) in [6.45, 7) is 2.77. The second-order valence-corrected chi connectivity index (χ2v) is 4.62. The lowest BCUT2D eigenvalue weighted by molar-refractivity contribution is 0.535. The summed E-state index contributed by atoms with van der Waals surface area (Å²) in [5.41, 5.74) is 6.44. The summed E-state index contributed by atoms with van der Waals surface area (Å²) < 4.78 is 13.1. The molecule has 15 heavy (non-hydrogen) atoms. The molecule has 0 aliphatic rings. The lowest BCUT2D eigenvalue weighted by Crippen LogP contribution is -2.08. The van der Waals surface area contributed by atoms with E-state index in [1.54, 1.807) is 12.1 Å². The zero-order valence-corrected chi connectivity index (χ0v) is 10.2. The van der Waals surface area contributed by atoms with Gasteiger partial charge in [0.05, 0.1) is 5.02 Å². The molecule has 0 radical (unpaired) electrons. The van der Waals surface area contributed by atoms with E-state index >= 15 is 0 Å². The van der Waals surface area contributed by atoms with Crippen LogP contribution >= 0.6 is 11.6 Å². The van der Waals surface area contributed by atoms with Gasteiger partial charge in [-0.15, -0.1) is 4.90 Å². The molecule has 0 spiro atoms. The fraction of sp³-hybridized carbons (Fsp3) is 0.455. The van der Waals surface area contributed by atoms with E-state index in [4.69, 9.17) is 30.0 Å². The fourth-order valence-corrected chi connectivity index (χ4v) is 2.08. The van der Waals surface area contributed by atoms with E-state index < -0.39 is 5.82 Å². The van der Waals surface area contributed by atoms with Gasteiger partial charge in [0.25, 0.3) is 0 Å². The Morgan fingerprint density at radius 2 is 2.20 bits per heavy atom. The standard InChI is InChI=1S/C11H15ClFNS/c1-7(2-3-14)4-8-5-9(12)11(13)10(15)6-8/h5-7,15H,2-4,14H2,1H3/p-1. The third-order valence-electron chi connectivity index (χ3n) is 2.30. The zero-order valence-electron chi connectivity index (χ0n) is 8.59. The number of nitrogens with two attached hydrogens (primary N) is 1. The average molecular weight is 247 g/mol. The number of benzene rings is 1. The Hall–Kier alpha value is -0.380. The molecule has 2 N–H and O–H groups in total. The summed E-state index contributed by atoms with van der Waals surface area (Å²) in [6.07, 6.45) is 1.78. The van der Waals surface area contributed by atoms with Crippen molar-refractivity contribution in [1.82, 2.24) is 0 Å². The molecule has 84 valence electrons. The van der Waals surface area contributed by atoms with E-state index in [0.29, 0.717) is 12.5 Å². The van der Waals surface area contributed by atoms with Crippen LogP contribution in [0.2, 0.25) is 5.02 Å². The maximum atomic E-state index is 13.1. The number of hydrogen-bond acceptors (Lipinski definition) is 2. The zero-order chi connectivity index (χ0) is 11.4. The molecule has 0 saturated heterocycles. The van der Waals surface area contributed by atoms with Gasteiger partial charge in [-0.1, -0.05) is 24.6 Å². The number of halogens is 2. The summed E-state index contributed by atoms with van der Waals surface area (Å²) in [7, 11) is 0. The molecule has 1 aromatic carbocycles. The summed E-state index contributed by atoms with van der Waals surface area (Å²) in [5, 5.41) is 0.109. The minimum Gasteiger partial charge on any atom is -0.777 e. The van der Waals surface area contributed by atoms with Gasteiger partial charge < -0.3 is 18.4 Å². The van der Waals surface area contributed by atoms with E-state index in [2.05, 4.69) is 6.92 Å². The minimum absolute atomic E-state index is 0.109. The molecular formula is C11H14ClFNS-. The Bertz CT molecular complexity index is 320. The van der Waals surface area contributed by atoms with E-state index in [9.17, 15) is 4.39 Å². The van der Waals surface area contributed by atoms with Crippen molar-refractivity contribution in [3.63, 3.8) is 0 Å². The molecule has 0 heterocycles. The normalized spacial score (nSPS) is 12.8. The fourth-order valence-electron chi connectivity index (χ4n) is 1.52. The van der Waals surface area contributed by atoms with Gasteiger partial charge in [0, 0.05) is 0 Å². The summed E-state index contributed by atoms with van der Waals surface area (Å²) in [4.78, 5) is 0.192. The SMILES string of the molecule is CC(CCN)Cc1cc([S-])c(F)c(Cl)c1. The van der Waals surface area contributed by atoms with Crippen molar-refractivity contribution < 1.29 is 4.39 Å². The molecule has 0 aliphatic heterocycles. The first kappa shape index (κ1) is 12.7. The molecule has 1 nitrogen and oxygen atoms in total. The second-order valence-electron chi connectivity index (χ2n) is 3.78. The Labute approximate surface area is 100 Å². The molecule has 0 aromatic heterocycles. The first-order valence-corrected chi connectivity index (χ1v) is 5.68. The molecule has 1 aromatic rings. The van der Waals surface area contributed by atoms with Gasteiger partial charge in [0.1, 0.15) is 5.82 Å². The van der Waals surface area contributed by atoms with Crippen LogP contribution in [-0.4, -0.2) is 6.54 Å². The maximum Gasteiger partial charge on any atom is 0.122 e. The highest BCUT2D eigenvalue weighted by Gasteiger charge is 2.06. The van der Waals surface area contributed by atoms with Crippen LogP contribution in [0.3, 0.4) is 0 Å². The van der Waals surface area contributed by atoms with Crippen molar-refractivity contribution in [3.05, 3.63) is 28.5 Å². The third kappa shape index (κ3) is 3.59. The molecule has 4 heteroatoms. The van der Waals surface area contributed by atoms with E-state index in [-0.39, 0.29) is 9.92 Å². The Balaban J connectivity index is 2.78. The van der Waals surface area contributed by atoms with Crippen molar-refractivity contribution in [1.29, 1.82) is 0 Å². The first-order valence-electron chi connectivity index (χ1n) is 4.89. The van der Waals surface area contributed by atoms with Crippen molar-refractivity contribution in [2.75, 3.05) is 6.54 Å². The first-order chi connectivity index (χ1) is 7.04. The lowest BCUT2D eigenvalue weighted by Gasteiger charge is -2.15. The van der Waals surface area contributed by atoms with Gasteiger partial charge in [-0.05, 0) is 36.9 Å². The number of rotatable bonds is 4. The van der Waals surface area contributed by atoms with E-state index in [1.165, 1.54) is 0 Å². The number of hydrogen-bond donors (Lipinski definition) is 1. The summed E-state index contributed by atoms with van der Waals surface area (Å²) in [5.74, 6) is -0.0344. The maximum absolute atomic E-state index is 13.1. The molecule has 0 bridgehead atoms. The van der Waals surface area contributed by atoms with Crippen molar-refractivity contribution in [2.24, 2.45) is 11.7 Å². The molecule has 0 aliphatic carbocycles. The van der Waals surface area contributed by atoms with Crippen LogP contribution in [0.15, 0.2) is 17.0 Å². The Kier molecular flexibility index (Phi) is 4.77. The van der Waals surface area contributed by atoms with Gasteiger partial charge in [-0.2, -0.15) is 0 Å². The predicted octanol–water partition coefficient (Wildman–Crippen LogP) is 2.91. The van der Waals surface area contributed by atoms with Crippen LogP contribution in [0.1, 0.15) is 18.9 Å². The molecular weight excluding hydrogens is 233 g/mol. The molecule has 0 saturated carbocycles. The predicted molar refractivity (Wildman–Crippen MR) is 63.6 cm³/mol. The largest absolute Gasteiger partial charge is 0.777 e. The monoisotopic (exact) mass is 246 g/mol. The van der Waals surface area contributed by atoms with Crippen LogP contribution in [-0.2, 0) is 19.0 Å². The highest BCUT2D eigenvalue weighted by Crippen LogP contribution is 2.22. The van der Waals surface area contributed by atoms with Crippen LogP contribution in [0, 0.1) is 11.7 Å². The van der Waals surface area contributed by atoms with Crippen molar-refractivity contribution >= 4 is 24.2 Å². The van der Waals surface area contributed by atoms with Crippen LogP contribution < -0.4 is 5.73 Å². The average Bonchev–Trinajstić information content (AvgIpc) is 2.14. The Morgan fingerprint density at radius 3 is 2.73 bits per heavy atom. The highest BCUT2D eigenvalue weighted by molar-refractivity contribution is 7.58.